The van der Waals surface area contributed by atoms with Crippen LogP contribution in [0.1, 0.15) is 23.1 Å². The third-order valence-electron chi connectivity index (χ3n) is 4.74. The van der Waals surface area contributed by atoms with Gasteiger partial charge in [0, 0.05) is 29.6 Å². The highest BCUT2D eigenvalue weighted by Crippen LogP contribution is 2.40. The molecule has 0 saturated carbocycles. The summed E-state index contributed by atoms with van der Waals surface area (Å²) in [6.45, 7) is 0. The fraction of sp³-hybridized carbons (Fsp3) is 0.200. The lowest BCUT2D eigenvalue weighted by molar-refractivity contribution is -0.138. The number of carbonyl (C=O) groups is 1. The number of hydrogen-bond donors (Lipinski definition) is 3. The topological polar surface area (TPSA) is 65.5 Å². The fourth-order valence-electron chi connectivity index (χ4n) is 3.44. The molecule has 0 aliphatic carbocycles. The zero-order valence-electron chi connectivity index (χ0n) is 14.7. The average Bonchev–Trinajstić information content (AvgIpc) is 2.68. The second-order valence-electron chi connectivity index (χ2n) is 6.61. The second kappa shape index (κ2) is 6.70. The van der Waals surface area contributed by atoms with Gasteiger partial charge in [-0.1, -0.05) is 18.2 Å². The number of amides is 1. The van der Waals surface area contributed by atoms with E-state index in [1.165, 1.54) is 18.5 Å². The number of hydrogen-bond acceptors (Lipinski definition) is 4. The van der Waals surface area contributed by atoms with Crippen LogP contribution in [0.4, 0.5) is 24.5 Å². The van der Waals surface area contributed by atoms with Crippen LogP contribution in [0.2, 0.25) is 0 Å². The standard InChI is InChI=1S/C20H17F3N4O/c21-20(22,23)16-4-2-1-3-15(16)19(9-10-24-12-25-19)27-14-6-7-17-13(11-14)5-8-18(28)26-17/h1-4,6-7,9-12,27H,5,8H2,(H,24,25)(H,26,28). The SMILES string of the molecule is O=C1CCc2cc(NC3(c4ccccc4C(F)(F)F)C=CNC=N3)ccc2N1. The Morgan fingerprint density at radius 3 is 2.68 bits per heavy atom. The summed E-state index contributed by atoms with van der Waals surface area (Å²) >= 11 is 0. The predicted octanol–water partition coefficient (Wildman–Crippen LogP) is 4.00. The summed E-state index contributed by atoms with van der Waals surface area (Å²) in [5, 5.41) is 8.71. The van der Waals surface area contributed by atoms with E-state index in [0.29, 0.717) is 18.5 Å². The summed E-state index contributed by atoms with van der Waals surface area (Å²) in [4.78, 5) is 15.8. The summed E-state index contributed by atoms with van der Waals surface area (Å²) in [7, 11) is 0. The Balaban J connectivity index is 1.77. The van der Waals surface area contributed by atoms with Crippen molar-refractivity contribution in [2.75, 3.05) is 10.6 Å². The molecule has 0 fully saturated rings. The summed E-state index contributed by atoms with van der Waals surface area (Å²) in [5.41, 5.74) is 0.0833. The molecule has 0 saturated heterocycles. The molecule has 1 unspecified atom stereocenters. The summed E-state index contributed by atoms with van der Waals surface area (Å²) < 4.78 is 40.8. The van der Waals surface area contributed by atoms with Crippen LogP contribution in [0.15, 0.2) is 59.7 Å². The van der Waals surface area contributed by atoms with Gasteiger partial charge in [0.25, 0.3) is 0 Å². The van der Waals surface area contributed by atoms with E-state index in [4.69, 9.17) is 0 Å². The Morgan fingerprint density at radius 1 is 1.11 bits per heavy atom. The number of nitrogens with one attached hydrogen (secondary N) is 3. The number of carbonyl (C=O) groups excluding carboxylic acids is 1. The van der Waals surface area contributed by atoms with Gasteiger partial charge in [0.05, 0.1) is 11.9 Å². The van der Waals surface area contributed by atoms with Gasteiger partial charge in [-0.25, -0.2) is 4.99 Å². The maximum atomic E-state index is 13.6. The molecule has 1 atom stereocenters. The highest BCUT2D eigenvalue weighted by atomic mass is 19.4. The minimum Gasteiger partial charge on any atom is -0.354 e. The smallest absolute Gasteiger partial charge is 0.354 e. The zero-order chi connectivity index (χ0) is 19.8. The summed E-state index contributed by atoms with van der Waals surface area (Å²) in [5.74, 6) is -0.0466. The number of rotatable bonds is 3. The van der Waals surface area contributed by atoms with E-state index in [1.54, 1.807) is 30.5 Å². The van der Waals surface area contributed by atoms with Crippen molar-refractivity contribution in [3.05, 3.63) is 71.4 Å². The first-order valence-electron chi connectivity index (χ1n) is 8.72. The van der Waals surface area contributed by atoms with Crippen molar-refractivity contribution in [3.8, 4) is 0 Å². The van der Waals surface area contributed by atoms with E-state index in [0.717, 1.165) is 17.3 Å². The van der Waals surface area contributed by atoms with Gasteiger partial charge in [-0.05, 0) is 42.3 Å². The number of anilines is 2. The van der Waals surface area contributed by atoms with E-state index >= 15 is 0 Å². The molecule has 2 aromatic carbocycles. The van der Waals surface area contributed by atoms with Crippen LogP contribution in [0, 0.1) is 0 Å². The second-order valence-corrected chi connectivity index (χ2v) is 6.61. The Bertz CT molecular complexity index is 970. The van der Waals surface area contributed by atoms with Crippen LogP contribution in [0.5, 0.6) is 0 Å². The molecule has 3 N–H and O–H groups in total. The van der Waals surface area contributed by atoms with Crippen molar-refractivity contribution >= 4 is 23.6 Å². The van der Waals surface area contributed by atoms with Crippen LogP contribution < -0.4 is 16.0 Å². The number of nitrogens with zero attached hydrogens (tertiary/aromatic N) is 1. The van der Waals surface area contributed by atoms with Gasteiger partial charge in [-0.3, -0.25) is 4.79 Å². The molecule has 0 spiro atoms. The lowest BCUT2D eigenvalue weighted by Gasteiger charge is -2.33. The lowest BCUT2D eigenvalue weighted by Crippen LogP contribution is -2.37. The van der Waals surface area contributed by atoms with E-state index in [9.17, 15) is 18.0 Å². The van der Waals surface area contributed by atoms with Crippen LogP contribution in [-0.4, -0.2) is 12.2 Å². The molecule has 5 nitrogen and oxygen atoms in total. The van der Waals surface area contributed by atoms with E-state index in [-0.39, 0.29) is 11.5 Å². The zero-order valence-corrected chi connectivity index (χ0v) is 14.7. The molecule has 2 aliphatic rings. The summed E-state index contributed by atoms with van der Waals surface area (Å²) in [6.07, 6.45) is 0.896. The van der Waals surface area contributed by atoms with Crippen molar-refractivity contribution in [2.24, 2.45) is 4.99 Å². The highest BCUT2D eigenvalue weighted by molar-refractivity contribution is 5.94. The van der Waals surface area contributed by atoms with Crippen LogP contribution in [-0.2, 0) is 23.1 Å². The molecule has 2 aromatic rings. The predicted molar refractivity (Wildman–Crippen MR) is 101 cm³/mol. The summed E-state index contributed by atoms with van der Waals surface area (Å²) in [6, 6.07) is 10.7. The first-order valence-corrected chi connectivity index (χ1v) is 8.72. The molecular formula is C20H17F3N4O. The third-order valence-corrected chi connectivity index (χ3v) is 4.74. The van der Waals surface area contributed by atoms with Gasteiger partial charge < -0.3 is 16.0 Å². The van der Waals surface area contributed by atoms with Crippen molar-refractivity contribution in [1.29, 1.82) is 0 Å². The molecule has 144 valence electrons. The van der Waals surface area contributed by atoms with Crippen LogP contribution >= 0.6 is 0 Å². The molecular weight excluding hydrogens is 369 g/mol. The van der Waals surface area contributed by atoms with Crippen molar-refractivity contribution in [2.45, 2.75) is 24.7 Å². The van der Waals surface area contributed by atoms with E-state index in [1.807, 2.05) is 6.07 Å². The largest absolute Gasteiger partial charge is 0.416 e. The number of alkyl halides is 3. The fourth-order valence-corrected chi connectivity index (χ4v) is 3.44. The first kappa shape index (κ1) is 18.1. The monoisotopic (exact) mass is 386 g/mol. The normalized spacial score (nSPS) is 20.9. The van der Waals surface area contributed by atoms with E-state index in [2.05, 4.69) is 20.9 Å². The molecule has 4 rings (SSSR count). The van der Waals surface area contributed by atoms with Gasteiger partial charge in [0.15, 0.2) is 5.66 Å². The Morgan fingerprint density at radius 2 is 1.93 bits per heavy atom. The molecule has 1 amide bonds. The lowest BCUT2D eigenvalue weighted by atomic mass is 9.92. The number of fused-ring (bicyclic) bond motifs is 1. The Hall–Kier alpha value is -3.29. The minimum absolute atomic E-state index is 0.00234. The maximum Gasteiger partial charge on any atom is 0.416 e. The van der Waals surface area contributed by atoms with Gasteiger partial charge in [0.2, 0.25) is 5.91 Å². The van der Waals surface area contributed by atoms with Gasteiger partial charge in [0.1, 0.15) is 0 Å². The quantitative estimate of drug-likeness (QED) is 0.747. The van der Waals surface area contributed by atoms with E-state index < -0.39 is 17.4 Å². The Kier molecular flexibility index (Phi) is 4.33. The Labute approximate surface area is 159 Å². The number of aliphatic imine (C=N–C) groups is 1. The maximum absolute atomic E-state index is 13.6. The number of benzene rings is 2. The van der Waals surface area contributed by atoms with Gasteiger partial charge in [-0.15, -0.1) is 0 Å². The third kappa shape index (κ3) is 3.33. The van der Waals surface area contributed by atoms with Gasteiger partial charge >= 0.3 is 6.18 Å². The molecule has 0 aromatic heterocycles. The molecule has 2 aliphatic heterocycles. The van der Waals surface area contributed by atoms with Crippen molar-refractivity contribution < 1.29 is 18.0 Å². The molecule has 2 heterocycles. The average molecular weight is 386 g/mol. The number of aryl methyl sites for hydroxylation is 1. The highest BCUT2D eigenvalue weighted by Gasteiger charge is 2.41. The minimum atomic E-state index is -4.51. The van der Waals surface area contributed by atoms with Crippen molar-refractivity contribution in [3.63, 3.8) is 0 Å². The van der Waals surface area contributed by atoms with Crippen molar-refractivity contribution in [1.82, 2.24) is 5.32 Å². The first-order chi connectivity index (χ1) is 13.4. The van der Waals surface area contributed by atoms with Crippen LogP contribution in [0.25, 0.3) is 0 Å². The molecule has 28 heavy (non-hydrogen) atoms. The molecule has 8 heteroatoms. The van der Waals surface area contributed by atoms with Gasteiger partial charge in [-0.2, -0.15) is 13.2 Å². The number of halogens is 3. The molecule has 0 radical (unpaired) electrons. The molecule has 0 bridgehead atoms. The van der Waals surface area contributed by atoms with Crippen LogP contribution in [0.3, 0.4) is 0 Å².